The molecule has 1 aliphatic heterocycles. The lowest BCUT2D eigenvalue weighted by molar-refractivity contribution is -0.417. The Kier molecular flexibility index (Phi) is 4.02. The van der Waals surface area contributed by atoms with Gasteiger partial charge in [-0.15, -0.1) is 0 Å². The smallest absolute Gasteiger partial charge is 0.357 e. The van der Waals surface area contributed by atoms with Crippen LogP contribution < -0.4 is 20.4 Å². The van der Waals surface area contributed by atoms with Crippen LogP contribution in [0.2, 0.25) is 0 Å². The number of hydrogen-bond acceptors (Lipinski definition) is 5. The summed E-state index contributed by atoms with van der Waals surface area (Å²) >= 11 is 0. The summed E-state index contributed by atoms with van der Waals surface area (Å²) in [4.78, 5) is 26.5. The SMILES string of the molecule is COc1ccc([N+](=O)[O-])c(N2CCC(C(N)=O)CC2)[nH+]1. The first-order valence-electron chi connectivity index (χ1n) is 6.32. The van der Waals surface area contributed by atoms with E-state index in [-0.39, 0.29) is 17.5 Å². The van der Waals surface area contributed by atoms with Crippen LogP contribution in [-0.4, -0.2) is 31.0 Å². The number of ether oxygens (including phenoxy) is 1. The van der Waals surface area contributed by atoms with Gasteiger partial charge in [-0.25, -0.2) is 4.98 Å². The van der Waals surface area contributed by atoms with E-state index in [1.165, 1.54) is 19.2 Å². The van der Waals surface area contributed by atoms with Gasteiger partial charge in [0.1, 0.15) is 0 Å². The summed E-state index contributed by atoms with van der Waals surface area (Å²) in [6.07, 6.45) is 1.19. The standard InChI is InChI=1S/C12H16N4O4/c1-20-10-3-2-9(16(18)19)12(14-10)15-6-4-8(5-7-15)11(13)17/h2-3,8H,4-7H2,1H3,(H2,13,17)/p+1. The molecule has 0 aliphatic carbocycles. The number of carbonyl (C=O) groups is 1. The maximum absolute atomic E-state index is 11.1. The summed E-state index contributed by atoms with van der Waals surface area (Å²) in [6.45, 7) is 1.08. The monoisotopic (exact) mass is 281 g/mol. The molecule has 1 aliphatic rings. The normalized spacial score (nSPS) is 15.9. The molecule has 0 unspecified atom stereocenters. The molecular weight excluding hydrogens is 264 g/mol. The van der Waals surface area contributed by atoms with Crippen LogP contribution in [0.1, 0.15) is 12.8 Å². The highest BCUT2D eigenvalue weighted by Crippen LogP contribution is 2.28. The van der Waals surface area contributed by atoms with Gasteiger partial charge in [-0.3, -0.25) is 19.8 Å². The molecule has 1 aromatic rings. The van der Waals surface area contributed by atoms with Gasteiger partial charge in [0.05, 0.1) is 25.1 Å². The van der Waals surface area contributed by atoms with Crippen molar-refractivity contribution in [2.24, 2.45) is 11.7 Å². The molecule has 0 radical (unpaired) electrons. The van der Waals surface area contributed by atoms with E-state index in [9.17, 15) is 14.9 Å². The molecule has 0 bridgehead atoms. The largest absolute Gasteiger partial charge is 0.466 e. The lowest BCUT2D eigenvalue weighted by Crippen LogP contribution is -2.41. The number of amides is 1. The van der Waals surface area contributed by atoms with Gasteiger partial charge in [-0.2, -0.15) is 0 Å². The number of anilines is 1. The van der Waals surface area contributed by atoms with Crippen LogP contribution >= 0.6 is 0 Å². The number of aromatic amines is 1. The second kappa shape index (κ2) is 5.72. The molecule has 2 heterocycles. The van der Waals surface area contributed by atoms with Gasteiger partial charge in [0.2, 0.25) is 5.91 Å². The second-order valence-electron chi connectivity index (χ2n) is 4.68. The predicted molar refractivity (Wildman–Crippen MR) is 70.3 cm³/mol. The Morgan fingerprint density at radius 2 is 2.15 bits per heavy atom. The first-order valence-corrected chi connectivity index (χ1v) is 6.32. The zero-order chi connectivity index (χ0) is 14.7. The Balaban J connectivity index is 2.23. The lowest BCUT2D eigenvalue weighted by atomic mass is 9.96. The fourth-order valence-corrected chi connectivity index (χ4v) is 2.35. The maximum Gasteiger partial charge on any atom is 0.357 e. The van der Waals surface area contributed by atoms with E-state index >= 15 is 0 Å². The third-order valence-corrected chi connectivity index (χ3v) is 3.51. The topological polar surface area (TPSA) is 113 Å². The number of piperidine rings is 1. The first-order chi connectivity index (χ1) is 9.52. The fraction of sp³-hybridized carbons (Fsp3) is 0.500. The van der Waals surface area contributed by atoms with E-state index in [1.54, 1.807) is 0 Å². The Morgan fingerprint density at radius 3 is 2.65 bits per heavy atom. The fourth-order valence-electron chi connectivity index (χ4n) is 2.35. The molecule has 0 spiro atoms. The van der Waals surface area contributed by atoms with Gasteiger partial charge in [-0.05, 0) is 12.8 Å². The van der Waals surface area contributed by atoms with E-state index < -0.39 is 4.92 Å². The van der Waals surface area contributed by atoms with Crippen LogP contribution in [0, 0.1) is 16.0 Å². The first kappa shape index (κ1) is 14.0. The average Bonchev–Trinajstić information content (AvgIpc) is 2.46. The van der Waals surface area contributed by atoms with E-state index in [0.29, 0.717) is 37.6 Å². The predicted octanol–water partition coefficient (Wildman–Crippen LogP) is 0.119. The Labute approximate surface area is 115 Å². The van der Waals surface area contributed by atoms with E-state index in [0.717, 1.165) is 0 Å². The number of nitro groups is 1. The maximum atomic E-state index is 11.1. The number of pyridine rings is 1. The molecule has 8 nitrogen and oxygen atoms in total. The van der Waals surface area contributed by atoms with Crippen molar-refractivity contribution in [2.45, 2.75) is 12.8 Å². The van der Waals surface area contributed by atoms with Crippen molar-refractivity contribution in [1.82, 2.24) is 0 Å². The number of nitrogens with zero attached hydrogens (tertiary/aromatic N) is 2. The molecule has 3 N–H and O–H groups in total. The molecule has 2 rings (SSSR count). The molecule has 8 heteroatoms. The zero-order valence-electron chi connectivity index (χ0n) is 11.2. The minimum Gasteiger partial charge on any atom is -0.466 e. The number of primary amides is 1. The van der Waals surface area contributed by atoms with Crippen molar-refractivity contribution in [3.05, 3.63) is 22.2 Å². The van der Waals surface area contributed by atoms with E-state index in [1.807, 2.05) is 4.90 Å². The van der Waals surface area contributed by atoms with Crippen molar-refractivity contribution in [1.29, 1.82) is 0 Å². The Bertz CT molecular complexity index is 526. The molecule has 1 amide bonds. The molecule has 108 valence electrons. The number of rotatable bonds is 4. The molecule has 1 aromatic heterocycles. The molecular formula is C12H17N4O4+. The lowest BCUT2D eigenvalue weighted by Gasteiger charge is -2.25. The number of hydrogen-bond donors (Lipinski definition) is 1. The zero-order valence-corrected chi connectivity index (χ0v) is 11.2. The summed E-state index contributed by atoms with van der Waals surface area (Å²) in [6, 6.07) is 2.92. The minimum atomic E-state index is -0.439. The van der Waals surface area contributed by atoms with Gasteiger partial charge in [0.15, 0.2) is 0 Å². The summed E-state index contributed by atoms with van der Waals surface area (Å²) in [5, 5.41) is 11.1. The summed E-state index contributed by atoms with van der Waals surface area (Å²) in [7, 11) is 1.49. The number of H-pyrrole nitrogens is 1. The highest BCUT2D eigenvalue weighted by molar-refractivity contribution is 5.77. The summed E-state index contributed by atoms with van der Waals surface area (Å²) < 4.78 is 5.06. The van der Waals surface area contributed by atoms with Crippen LogP contribution in [0.3, 0.4) is 0 Å². The van der Waals surface area contributed by atoms with Crippen LogP contribution in [0.5, 0.6) is 5.88 Å². The van der Waals surface area contributed by atoms with Gasteiger partial charge in [-0.1, -0.05) is 0 Å². The van der Waals surface area contributed by atoms with Gasteiger partial charge < -0.3 is 10.5 Å². The minimum absolute atomic E-state index is 0.0108. The van der Waals surface area contributed by atoms with Gasteiger partial charge >= 0.3 is 11.5 Å². The highest BCUT2D eigenvalue weighted by atomic mass is 16.6. The van der Waals surface area contributed by atoms with Crippen molar-refractivity contribution < 1.29 is 19.4 Å². The molecule has 1 fully saturated rings. The van der Waals surface area contributed by atoms with E-state index in [4.69, 9.17) is 10.5 Å². The Morgan fingerprint density at radius 1 is 1.50 bits per heavy atom. The molecule has 20 heavy (non-hydrogen) atoms. The number of methoxy groups -OCH3 is 1. The summed E-state index contributed by atoms with van der Waals surface area (Å²) in [5.74, 6) is 0.379. The highest BCUT2D eigenvalue weighted by Gasteiger charge is 2.34. The number of aromatic nitrogens is 1. The van der Waals surface area contributed by atoms with E-state index in [2.05, 4.69) is 4.98 Å². The van der Waals surface area contributed by atoms with Gasteiger partial charge in [0, 0.05) is 18.1 Å². The van der Waals surface area contributed by atoms with Crippen LogP contribution in [0.15, 0.2) is 12.1 Å². The number of carbonyl (C=O) groups excluding carboxylic acids is 1. The quantitative estimate of drug-likeness (QED) is 0.622. The molecule has 1 saturated heterocycles. The van der Waals surface area contributed by atoms with Crippen LogP contribution in [-0.2, 0) is 4.79 Å². The van der Waals surface area contributed by atoms with Crippen molar-refractivity contribution in [3.63, 3.8) is 0 Å². The van der Waals surface area contributed by atoms with Crippen LogP contribution in [0.4, 0.5) is 11.5 Å². The van der Waals surface area contributed by atoms with Crippen LogP contribution in [0.25, 0.3) is 0 Å². The average molecular weight is 281 g/mol. The van der Waals surface area contributed by atoms with Crippen molar-refractivity contribution >= 4 is 17.4 Å². The van der Waals surface area contributed by atoms with Crippen molar-refractivity contribution in [2.75, 3.05) is 25.1 Å². The molecule has 0 saturated carbocycles. The number of nitrogens with two attached hydrogens (primary N) is 1. The van der Waals surface area contributed by atoms with Gasteiger partial charge in [0.25, 0.3) is 5.88 Å². The Hall–Kier alpha value is -2.38. The molecule has 0 aromatic carbocycles. The third kappa shape index (κ3) is 2.79. The number of nitrogens with one attached hydrogen (secondary N) is 1. The second-order valence-corrected chi connectivity index (χ2v) is 4.68. The summed E-state index contributed by atoms with van der Waals surface area (Å²) in [5.41, 5.74) is 5.27. The third-order valence-electron chi connectivity index (χ3n) is 3.51. The molecule has 0 atom stereocenters. The van der Waals surface area contributed by atoms with Crippen molar-refractivity contribution in [3.8, 4) is 5.88 Å².